The van der Waals surface area contributed by atoms with Crippen LogP contribution in [0, 0.1) is 11.8 Å². The third-order valence-electron chi connectivity index (χ3n) is 7.14. The van der Waals surface area contributed by atoms with Crippen LogP contribution in [0.4, 0.5) is 0 Å². The monoisotopic (exact) mass is 474 g/mol. The molecule has 1 heterocycles. The molecule has 34 heavy (non-hydrogen) atoms. The molecule has 0 bridgehead atoms. The first-order chi connectivity index (χ1) is 16.2. The van der Waals surface area contributed by atoms with Crippen LogP contribution in [0.25, 0.3) is 0 Å². The largest absolute Gasteiger partial charge is 0.461 e. The number of ether oxygens (including phenoxy) is 1. The molecule has 2 unspecified atom stereocenters. The SMILES string of the molecule is CCCCCCCC1OC(=O)C[C@@H](O)[C@H](Cc2ccccc2)N(C)CC(C(C)C)NC(=O)[C@H]1C. The number of amides is 1. The molecule has 0 radical (unpaired) electrons. The Kier molecular flexibility index (Phi) is 12.1. The van der Waals surface area contributed by atoms with Crippen LogP contribution in [0.3, 0.4) is 0 Å². The molecule has 1 fully saturated rings. The number of unbranched alkanes of at least 4 members (excludes halogenated alkanes) is 4. The van der Waals surface area contributed by atoms with Gasteiger partial charge in [0.1, 0.15) is 6.10 Å². The van der Waals surface area contributed by atoms with Gasteiger partial charge < -0.3 is 15.2 Å². The van der Waals surface area contributed by atoms with Crippen molar-refractivity contribution in [3.05, 3.63) is 35.9 Å². The Morgan fingerprint density at radius 2 is 1.79 bits per heavy atom. The maximum absolute atomic E-state index is 13.2. The fourth-order valence-corrected chi connectivity index (χ4v) is 4.68. The zero-order valence-electron chi connectivity index (χ0n) is 21.8. The topological polar surface area (TPSA) is 78.9 Å². The number of cyclic esters (lactones) is 1. The summed E-state index contributed by atoms with van der Waals surface area (Å²) in [5.74, 6) is -0.707. The third kappa shape index (κ3) is 9.03. The maximum atomic E-state index is 13.2. The highest BCUT2D eigenvalue weighted by molar-refractivity contribution is 5.80. The van der Waals surface area contributed by atoms with E-state index in [0.717, 1.165) is 24.8 Å². The highest BCUT2D eigenvalue weighted by Gasteiger charge is 2.34. The zero-order chi connectivity index (χ0) is 25.1. The Labute approximate surface area is 206 Å². The molecular formula is C28H46N2O4. The number of benzene rings is 1. The van der Waals surface area contributed by atoms with Crippen molar-refractivity contribution >= 4 is 11.9 Å². The lowest BCUT2D eigenvalue weighted by molar-refractivity contribution is -0.157. The summed E-state index contributed by atoms with van der Waals surface area (Å²) < 4.78 is 5.83. The number of aliphatic hydroxyl groups excluding tert-OH is 1. The van der Waals surface area contributed by atoms with Crippen molar-refractivity contribution in [3.63, 3.8) is 0 Å². The lowest BCUT2D eigenvalue weighted by Crippen LogP contribution is -2.54. The molecule has 5 atom stereocenters. The highest BCUT2D eigenvalue weighted by atomic mass is 16.5. The fraction of sp³-hybridized carbons (Fsp3) is 0.714. The van der Waals surface area contributed by atoms with Gasteiger partial charge in [-0.05, 0) is 37.8 Å². The minimum absolute atomic E-state index is 0.0641. The molecule has 2 rings (SSSR count). The van der Waals surface area contributed by atoms with Crippen molar-refractivity contribution in [1.29, 1.82) is 0 Å². The van der Waals surface area contributed by atoms with Crippen LogP contribution in [0.5, 0.6) is 0 Å². The van der Waals surface area contributed by atoms with E-state index in [1.165, 1.54) is 12.8 Å². The van der Waals surface area contributed by atoms with Crippen molar-refractivity contribution < 1.29 is 19.4 Å². The second-order valence-corrected chi connectivity index (χ2v) is 10.3. The van der Waals surface area contributed by atoms with Gasteiger partial charge in [-0.1, -0.05) is 83.7 Å². The molecule has 6 heteroatoms. The molecule has 0 spiro atoms. The lowest BCUT2D eigenvalue weighted by atomic mass is 9.93. The van der Waals surface area contributed by atoms with Crippen molar-refractivity contribution in [2.45, 2.75) is 103 Å². The summed E-state index contributed by atoms with van der Waals surface area (Å²) in [4.78, 5) is 28.1. The molecule has 0 aromatic heterocycles. The lowest BCUT2D eigenvalue weighted by Gasteiger charge is -2.37. The zero-order valence-corrected chi connectivity index (χ0v) is 21.8. The van der Waals surface area contributed by atoms with Gasteiger partial charge >= 0.3 is 5.97 Å². The van der Waals surface area contributed by atoms with E-state index < -0.39 is 24.1 Å². The number of likely N-dealkylation sites (N-methyl/N-ethyl adjacent to an activating group) is 1. The molecule has 1 aliphatic rings. The molecular weight excluding hydrogens is 428 g/mol. The summed E-state index contributed by atoms with van der Waals surface area (Å²) in [7, 11) is 1.96. The van der Waals surface area contributed by atoms with E-state index in [9.17, 15) is 14.7 Å². The van der Waals surface area contributed by atoms with Crippen molar-refractivity contribution in [2.75, 3.05) is 13.6 Å². The predicted molar refractivity (Wildman–Crippen MR) is 136 cm³/mol. The van der Waals surface area contributed by atoms with Gasteiger partial charge in [0.15, 0.2) is 0 Å². The van der Waals surface area contributed by atoms with Crippen molar-refractivity contribution in [2.24, 2.45) is 11.8 Å². The minimum atomic E-state index is -0.860. The molecule has 1 amide bonds. The number of carbonyl (C=O) groups is 2. The van der Waals surface area contributed by atoms with Crippen molar-refractivity contribution in [3.8, 4) is 0 Å². The van der Waals surface area contributed by atoms with E-state index in [2.05, 4.69) is 31.0 Å². The van der Waals surface area contributed by atoms with E-state index in [1.807, 2.05) is 44.3 Å². The molecule has 1 aromatic rings. The Morgan fingerprint density at radius 1 is 1.12 bits per heavy atom. The summed E-state index contributed by atoms with van der Waals surface area (Å²) >= 11 is 0. The standard InChI is InChI=1S/C28H46N2O4/c1-6-7-8-9-13-16-26-21(4)28(33)29-23(20(2)3)19-30(5)24(25(31)18-27(32)34-26)17-22-14-11-10-12-15-22/h10-12,14-15,20-21,23-26,31H,6-9,13,16-19H2,1-5H3,(H,29,33)/t21-,23?,24-,25+,26?/m0/s1. The van der Waals surface area contributed by atoms with E-state index in [-0.39, 0.29) is 30.3 Å². The van der Waals surface area contributed by atoms with Gasteiger partial charge in [-0.25, -0.2) is 0 Å². The number of esters is 1. The van der Waals surface area contributed by atoms with Crippen molar-refractivity contribution in [1.82, 2.24) is 10.2 Å². The normalized spacial score (nSPS) is 27.6. The number of aliphatic hydroxyl groups is 1. The van der Waals surface area contributed by atoms with Crippen LogP contribution in [-0.2, 0) is 20.7 Å². The molecule has 0 saturated carbocycles. The molecule has 2 N–H and O–H groups in total. The Balaban J connectivity index is 2.23. The van der Waals surface area contributed by atoms with Gasteiger partial charge in [-0.2, -0.15) is 0 Å². The van der Waals surface area contributed by atoms with E-state index in [1.54, 1.807) is 0 Å². The van der Waals surface area contributed by atoms with Gasteiger partial charge in [0.05, 0.1) is 18.4 Å². The molecule has 6 nitrogen and oxygen atoms in total. The summed E-state index contributed by atoms with van der Waals surface area (Å²) in [6, 6.07) is 9.67. The summed E-state index contributed by atoms with van der Waals surface area (Å²) in [5, 5.41) is 14.3. The first-order valence-electron chi connectivity index (χ1n) is 13.1. The van der Waals surface area contributed by atoms with Crippen LogP contribution in [0.2, 0.25) is 0 Å². The Morgan fingerprint density at radius 3 is 2.44 bits per heavy atom. The molecule has 192 valence electrons. The molecule has 0 aliphatic carbocycles. The fourth-order valence-electron chi connectivity index (χ4n) is 4.68. The van der Waals surface area contributed by atoms with Gasteiger partial charge in [-0.15, -0.1) is 0 Å². The number of hydrogen-bond donors (Lipinski definition) is 2. The number of rotatable bonds is 9. The van der Waals surface area contributed by atoms with Gasteiger partial charge in [0.2, 0.25) is 5.91 Å². The van der Waals surface area contributed by atoms with E-state index in [4.69, 9.17) is 4.74 Å². The summed E-state index contributed by atoms with van der Waals surface area (Å²) in [5.41, 5.74) is 1.10. The first kappa shape index (κ1) is 28.3. The van der Waals surface area contributed by atoms with Gasteiger partial charge in [-0.3, -0.25) is 14.5 Å². The second-order valence-electron chi connectivity index (χ2n) is 10.3. The van der Waals surface area contributed by atoms with E-state index >= 15 is 0 Å². The van der Waals surface area contributed by atoms with Crippen LogP contribution in [-0.4, -0.2) is 59.8 Å². The average Bonchev–Trinajstić information content (AvgIpc) is 2.80. The number of carbonyl (C=O) groups excluding carboxylic acids is 2. The number of nitrogens with one attached hydrogen (secondary N) is 1. The Hall–Kier alpha value is -1.92. The van der Waals surface area contributed by atoms with Crippen LogP contribution >= 0.6 is 0 Å². The average molecular weight is 475 g/mol. The Bertz CT molecular complexity index is 739. The number of nitrogens with zero attached hydrogens (tertiary/aromatic N) is 1. The van der Waals surface area contributed by atoms with Gasteiger partial charge in [0, 0.05) is 18.6 Å². The number of hydrogen-bond acceptors (Lipinski definition) is 5. The van der Waals surface area contributed by atoms with E-state index in [0.29, 0.717) is 19.4 Å². The predicted octanol–water partition coefficient (Wildman–Crippen LogP) is 4.34. The van der Waals surface area contributed by atoms with Gasteiger partial charge in [0.25, 0.3) is 0 Å². The molecule has 1 aliphatic heterocycles. The van der Waals surface area contributed by atoms with Crippen LogP contribution < -0.4 is 5.32 Å². The second kappa shape index (κ2) is 14.5. The summed E-state index contributed by atoms with van der Waals surface area (Å²) in [6.45, 7) is 8.83. The first-order valence-corrected chi connectivity index (χ1v) is 13.1. The summed E-state index contributed by atoms with van der Waals surface area (Å²) in [6.07, 6.45) is 5.38. The van der Waals surface area contributed by atoms with Crippen LogP contribution in [0.15, 0.2) is 30.3 Å². The minimum Gasteiger partial charge on any atom is -0.461 e. The van der Waals surface area contributed by atoms with Crippen LogP contribution in [0.1, 0.15) is 78.2 Å². The third-order valence-corrected chi connectivity index (χ3v) is 7.14. The maximum Gasteiger partial charge on any atom is 0.308 e. The molecule has 1 aromatic carbocycles. The highest BCUT2D eigenvalue weighted by Crippen LogP contribution is 2.22. The smallest absolute Gasteiger partial charge is 0.308 e. The molecule has 1 saturated heterocycles. The quantitative estimate of drug-likeness (QED) is 0.411.